The summed E-state index contributed by atoms with van der Waals surface area (Å²) in [5.41, 5.74) is 1.62. The second-order valence-electron chi connectivity index (χ2n) is 5.32. The minimum atomic E-state index is -0.748. The average molecular weight is 311 g/mol. The van der Waals surface area contributed by atoms with E-state index in [1.807, 2.05) is 60.7 Å². The van der Waals surface area contributed by atoms with Crippen LogP contribution in [0.2, 0.25) is 0 Å². The maximum atomic E-state index is 12.4. The van der Waals surface area contributed by atoms with Crippen LogP contribution in [0, 0.1) is 0 Å². The van der Waals surface area contributed by atoms with Crippen LogP contribution >= 0.6 is 0 Å². The maximum Gasteiger partial charge on any atom is 0.414 e. The fourth-order valence-electron chi connectivity index (χ4n) is 2.48. The van der Waals surface area contributed by atoms with E-state index in [9.17, 15) is 9.59 Å². The van der Waals surface area contributed by atoms with Gasteiger partial charge in [-0.15, -0.1) is 0 Å². The Balaban J connectivity index is 1.75. The van der Waals surface area contributed by atoms with Gasteiger partial charge in [-0.25, -0.2) is 9.59 Å². The Kier molecular flexibility index (Phi) is 4.28. The topological polar surface area (TPSA) is 55.8 Å². The van der Waals surface area contributed by atoms with Crippen LogP contribution in [-0.4, -0.2) is 23.0 Å². The molecule has 1 heterocycles. The number of rotatable bonds is 3. The van der Waals surface area contributed by atoms with Gasteiger partial charge in [0.25, 0.3) is 0 Å². The molecule has 3 rings (SSSR count). The molecule has 0 aliphatic carbocycles. The second kappa shape index (κ2) is 6.52. The van der Waals surface area contributed by atoms with Crippen LogP contribution in [0.1, 0.15) is 24.3 Å². The predicted octanol–water partition coefficient (Wildman–Crippen LogP) is 3.27. The summed E-state index contributed by atoms with van der Waals surface area (Å²) >= 11 is 0. The third kappa shape index (κ3) is 3.18. The molecule has 0 aromatic heterocycles. The zero-order valence-electron chi connectivity index (χ0n) is 12.7. The first-order valence-corrected chi connectivity index (χ1v) is 7.41. The summed E-state index contributed by atoms with van der Waals surface area (Å²) in [4.78, 5) is 25.6. The Morgan fingerprint density at radius 2 is 1.70 bits per heavy atom. The van der Waals surface area contributed by atoms with E-state index in [0.717, 1.165) is 11.1 Å². The highest BCUT2D eigenvalue weighted by Gasteiger charge is 2.44. The molecule has 23 heavy (non-hydrogen) atoms. The molecule has 0 saturated carbocycles. The molecule has 5 nitrogen and oxygen atoms in total. The lowest BCUT2D eigenvalue weighted by Gasteiger charge is -2.24. The van der Waals surface area contributed by atoms with Gasteiger partial charge in [0.15, 0.2) is 0 Å². The van der Waals surface area contributed by atoms with Crippen molar-refractivity contribution < 1.29 is 19.1 Å². The van der Waals surface area contributed by atoms with Crippen molar-refractivity contribution in [2.24, 2.45) is 0 Å². The van der Waals surface area contributed by atoms with Gasteiger partial charge in [-0.05, 0) is 12.5 Å². The number of carbonyl (C=O) groups excluding carboxylic acids is 2. The summed E-state index contributed by atoms with van der Waals surface area (Å²) in [5.74, 6) is -0.435. The molecule has 0 radical (unpaired) electrons. The minimum Gasteiger partial charge on any atom is -0.444 e. The first-order valence-electron chi connectivity index (χ1n) is 7.41. The van der Waals surface area contributed by atoms with Crippen molar-refractivity contribution in [3.8, 4) is 0 Å². The van der Waals surface area contributed by atoms with Crippen molar-refractivity contribution in [3.05, 3.63) is 71.8 Å². The summed E-state index contributed by atoms with van der Waals surface area (Å²) in [7, 11) is 0. The van der Waals surface area contributed by atoms with Crippen LogP contribution in [0.25, 0.3) is 0 Å². The molecule has 1 aliphatic heterocycles. The first kappa shape index (κ1) is 15.1. The number of amides is 1. The van der Waals surface area contributed by atoms with E-state index in [2.05, 4.69) is 0 Å². The lowest BCUT2D eigenvalue weighted by Crippen LogP contribution is -2.38. The van der Waals surface area contributed by atoms with Crippen LogP contribution in [0.3, 0.4) is 0 Å². The smallest absolute Gasteiger partial charge is 0.414 e. The van der Waals surface area contributed by atoms with Crippen LogP contribution < -0.4 is 0 Å². The second-order valence-corrected chi connectivity index (χ2v) is 5.32. The Morgan fingerprint density at radius 1 is 1.09 bits per heavy atom. The molecule has 1 amide bonds. The Hall–Kier alpha value is -2.82. The molecule has 5 heteroatoms. The largest absolute Gasteiger partial charge is 0.444 e. The van der Waals surface area contributed by atoms with Crippen molar-refractivity contribution in [1.29, 1.82) is 0 Å². The molecule has 0 bridgehead atoms. The zero-order chi connectivity index (χ0) is 16.2. The average Bonchev–Trinajstić information content (AvgIpc) is 2.90. The fourth-order valence-corrected chi connectivity index (χ4v) is 2.48. The fraction of sp³-hybridized carbons (Fsp3) is 0.222. The van der Waals surface area contributed by atoms with Gasteiger partial charge in [-0.2, -0.15) is 0 Å². The highest BCUT2D eigenvalue weighted by Crippen LogP contribution is 2.32. The van der Waals surface area contributed by atoms with Gasteiger partial charge >= 0.3 is 12.1 Å². The summed E-state index contributed by atoms with van der Waals surface area (Å²) in [5, 5.41) is 0. The molecule has 2 aromatic rings. The number of benzene rings is 2. The molecule has 0 N–H and O–H groups in total. The maximum absolute atomic E-state index is 12.4. The van der Waals surface area contributed by atoms with Gasteiger partial charge < -0.3 is 9.47 Å². The van der Waals surface area contributed by atoms with Gasteiger partial charge in [0.2, 0.25) is 6.23 Å². The standard InChI is InChI=1S/C18H17NO4/c1-13-17(20)23-16(15-10-6-3-7-11-15)19(13)18(21)22-12-14-8-4-2-5-9-14/h2-11,13,16H,12H2,1H3/t13-,16+/m1/s1. The quantitative estimate of drug-likeness (QED) is 0.816. The number of carbonyl (C=O) groups is 2. The Morgan fingerprint density at radius 3 is 2.35 bits per heavy atom. The van der Waals surface area contributed by atoms with E-state index in [0.29, 0.717) is 0 Å². The summed E-state index contributed by atoms with van der Waals surface area (Å²) < 4.78 is 10.7. The lowest BCUT2D eigenvalue weighted by atomic mass is 10.2. The van der Waals surface area contributed by atoms with E-state index in [-0.39, 0.29) is 6.61 Å². The SMILES string of the molecule is C[C@@H]1C(=O)O[C@@H](c2ccccc2)N1C(=O)OCc1ccccc1. The minimum absolute atomic E-state index is 0.151. The van der Waals surface area contributed by atoms with Crippen molar-refractivity contribution in [2.45, 2.75) is 25.8 Å². The monoisotopic (exact) mass is 311 g/mol. The molecular formula is C18H17NO4. The van der Waals surface area contributed by atoms with Crippen LogP contribution in [0.15, 0.2) is 60.7 Å². The summed E-state index contributed by atoms with van der Waals surface area (Å²) in [6, 6.07) is 17.9. The first-order chi connectivity index (χ1) is 11.2. The van der Waals surface area contributed by atoms with Crippen molar-refractivity contribution in [3.63, 3.8) is 0 Å². The van der Waals surface area contributed by atoms with E-state index >= 15 is 0 Å². The normalized spacial score (nSPS) is 20.2. The molecule has 1 saturated heterocycles. The molecule has 1 fully saturated rings. The molecule has 1 aliphatic rings. The van der Waals surface area contributed by atoms with E-state index in [4.69, 9.17) is 9.47 Å². The number of esters is 1. The van der Waals surface area contributed by atoms with Crippen molar-refractivity contribution in [1.82, 2.24) is 4.90 Å². The third-order valence-corrected chi connectivity index (χ3v) is 3.74. The summed E-state index contributed by atoms with van der Waals surface area (Å²) in [6.45, 7) is 1.79. The molecule has 0 unspecified atom stereocenters. The van der Waals surface area contributed by atoms with Crippen LogP contribution in [0.4, 0.5) is 4.79 Å². The van der Waals surface area contributed by atoms with Gasteiger partial charge in [0.1, 0.15) is 12.6 Å². The molecular weight excluding hydrogens is 294 g/mol. The highest BCUT2D eigenvalue weighted by molar-refractivity contribution is 5.84. The number of hydrogen-bond donors (Lipinski definition) is 0. The van der Waals surface area contributed by atoms with Crippen LogP contribution in [-0.2, 0) is 20.9 Å². The van der Waals surface area contributed by atoms with Gasteiger partial charge in [-0.1, -0.05) is 60.7 Å². The molecule has 118 valence electrons. The predicted molar refractivity (Wildman–Crippen MR) is 83.2 cm³/mol. The van der Waals surface area contributed by atoms with Gasteiger partial charge in [0.05, 0.1) is 0 Å². The van der Waals surface area contributed by atoms with Crippen molar-refractivity contribution >= 4 is 12.1 Å². The Bertz CT molecular complexity index is 687. The third-order valence-electron chi connectivity index (χ3n) is 3.74. The number of hydrogen-bond acceptors (Lipinski definition) is 4. The van der Waals surface area contributed by atoms with Gasteiger partial charge in [-0.3, -0.25) is 4.90 Å². The Labute approximate surface area is 134 Å². The van der Waals surface area contributed by atoms with E-state index < -0.39 is 24.3 Å². The van der Waals surface area contributed by atoms with Crippen LogP contribution in [0.5, 0.6) is 0 Å². The zero-order valence-corrected chi connectivity index (χ0v) is 12.7. The summed E-state index contributed by atoms with van der Waals surface area (Å²) in [6.07, 6.45) is -1.32. The number of ether oxygens (including phenoxy) is 2. The van der Waals surface area contributed by atoms with Crippen molar-refractivity contribution in [2.75, 3.05) is 0 Å². The van der Waals surface area contributed by atoms with E-state index in [1.165, 1.54) is 4.90 Å². The number of cyclic esters (lactones) is 1. The van der Waals surface area contributed by atoms with Gasteiger partial charge in [0, 0.05) is 5.56 Å². The van der Waals surface area contributed by atoms with E-state index in [1.54, 1.807) is 6.92 Å². The molecule has 0 spiro atoms. The molecule has 2 atom stereocenters. The lowest BCUT2D eigenvalue weighted by molar-refractivity contribution is -0.142. The highest BCUT2D eigenvalue weighted by atomic mass is 16.6. The molecule has 2 aromatic carbocycles. The number of nitrogens with zero attached hydrogens (tertiary/aromatic N) is 1.